The molecule has 14 heteroatoms. The van der Waals surface area contributed by atoms with Gasteiger partial charge in [0, 0.05) is 31.0 Å². The molecule has 0 saturated carbocycles. The zero-order valence-electron chi connectivity index (χ0n) is 21.2. The van der Waals surface area contributed by atoms with Gasteiger partial charge in [0.2, 0.25) is 5.95 Å². The van der Waals surface area contributed by atoms with E-state index in [1.165, 1.54) is 12.4 Å². The normalized spacial score (nSPS) is 12.3. The van der Waals surface area contributed by atoms with E-state index in [0.717, 1.165) is 23.1 Å². The number of rotatable bonds is 8. The Morgan fingerprint density at radius 1 is 0.643 bits per heavy atom. The molecule has 0 radical (unpaired) electrons. The number of alkyl halides is 9. The quantitative estimate of drug-likeness (QED) is 0.176. The Morgan fingerprint density at radius 2 is 1.21 bits per heavy atom. The van der Waals surface area contributed by atoms with Gasteiger partial charge in [0.05, 0.1) is 21.2 Å². The molecule has 0 aliphatic carbocycles. The highest BCUT2D eigenvalue weighted by Crippen LogP contribution is 2.38. The summed E-state index contributed by atoms with van der Waals surface area (Å²) in [6.07, 6.45) is -12.4. The Hall–Kier alpha value is -3.81. The van der Waals surface area contributed by atoms with E-state index in [4.69, 9.17) is 4.74 Å². The van der Waals surface area contributed by atoms with E-state index in [1.807, 2.05) is 0 Å². The summed E-state index contributed by atoms with van der Waals surface area (Å²) in [7, 11) is 0. The van der Waals surface area contributed by atoms with Gasteiger partial charge >= 0.3 is 18.5 Å². The fourth-order valence-corrected chi connectivity index (χ4v) is 4.16. The zero-order chi connectivity index (χ0) is 30.7. The van der Waals surface area contributed by atoms with Crippen LogP contribution in [0.15, 0.2) is 83.6 Å². The van der Waals surface area contributed by atoms with Crippen molar-refractivity contribution in [2.75, 3.05) is 4.90 Å². The van der Waals surface area contributed by atoms with Crippen LogP contribution in [0.2, 0.25) is 0 Å². The number of hydrogen-bond acceptors (Lipinski definition) is 4. The molecule has 1 heterocycles. The van der Waals surface area contributed by atoms with Gasteiger partial charge in [-0.25, -0.2) is 9.97 Å². The molecule has 4 aromatic rings. The zero-order valence-corrected chi connectivity index (χ0v) is 22.7. The Bertz CT molecular complexity index is 1470. The maximum atomic E-state index is 13.6. The molecular weight excluding hydrogens is 645 g/mol. The lowest BCUT2D eigenvalue weighted by molar-refractivity contribution is -0.143. The molecule has 0 saturated heterocycles. The van der Waals surface area contributed by atoms with Crippen LogP contribution in [-0.4, -0.2) is 9.97 Å². The molecule has 4 rings (SSSR count). The van der Waals surface area contributed by atoms with Crippen molar-refractivity contribution in [2.45, 2.75) is 38.2 Å². The Labute approximate surface area is 241 Å². The minimum absolute atomic E-state index is 0.00764. The second kappa shape index (κ2) is 12.2. The predicted octanol–water partition coefficient (Wildman–Crippen LogP) is 9.08. The van der Waals surface area contributed by atoms with Crippen LogP contribution in [0.5, 0.6) is 5.75 Å². The first kappa shape index (κ1) is 31.1. The molecule has 0 bridgehead atoms. The van der Waals surface area contributed by atoms with Gasteiger partial charge in [-0.05, 0) is 63.5 Å². The lowest BCUT2D eigenvalue weighted by Gasteiger charge is -2.25. The fourth-order valence-electron chi connectivity index (χ4n) is 3.96. The van der Waals surface area contributed by atoms with Crippen LogP contribution in [-0.2, 0) is 38.2 Å². The first-order chi connectivity index (χ1) is 19.6. The lowest BCUT2D eigenvalue weighted by Crippen LogP contribution is -2.25. The maximum absolute atomic E-state index is 13.6. The van der Waals surface area contributed by atoms with Gasteiger partial charge in [0.25, 0.3) is 0 Å². The van der Waals surface area contributed by atoms with Crippen LogP contribution < -0.4 is 9.64 Å². The van der Waals surface area contributed by atoms with Gasteiger partial charge < -0.3 is 9.64 Å². The summed E-state index contributed by atoms with van der Waals surface area (Å²) >= 11 is 3.14. The van der Waals surface area contributed by atoms with E-state index in [0.29, 0.717) is 22.2 Å². The second-order valence-corrected chi connectivity index (χ2v) is 9.98. The maximum Gasteiger partial charge on any atom is 0.416 e. The number of nitrogens with zero attached hydrogens (tertiary/aromatic N) is 3. The van der Waals surface area contributed by atoms with Crippen molar-refractivity contribution < 1.29 is 44.3 Å². The largest absolute Gasteiger partial charge is 0.489 e. The second-order valence-electron chi connectivity index (χ2n) is 9.07. The third-order valence-corrected chi connectivity index (χ3v) is 6.31. The van der Waals surface area contributed by atoms with Gasteiger partial charge in [-0.2, -0.15) is 39.5 Å². The van der Waals surface area contributed by atoms with Crippen molar-refractivity contribution in [2.24, 2.45) is 0 Å². The van der Waals surface area contributed by atoms with E-state index < -0.39 is 53.9 Å². The molecule has 42 heavy (non-hydrogen) atoms. The Kier molecular flexibility index (Phi) is 9.04. The third-order valence-electron chi connectivity index (χ3n) is 5.90. The fraction of sp³-hybridized carbons (Fsp3) is 0.214. The van der Waals surface area contributed by atoms with Gasteiger partial charge in [-0.3, -0.25) is 0 Å². The van der Waals surface area contributed by atoms with Crippen molar-refractivity contribution >= 4 is 21.9 Å². The highest BCUT2D eigenvalue weighted by atomic mass is 79.9. The summed E-state index contributed by atoms with van der Waals surface area (Å²) < 4.78 is 128. The van der Waals surface area contributed by atoms with E-state index in [-0.39, 0.29) is 29.9 Å². The highest BCUT2D eigenvalue weighted by molar-refractivity contribution is 9.10. The topological polar surface area (TPSA) is 38.2 Å². The molecular formula is C28H19BrF9N3O. The molecule has 0 spiro atoms. The van der Waals surface area contributed by atoms with Crippen LogP contribution in [0.3, 0.4) is 0 Å². The monoisotopic (exact) mass is 663 g/mol. The minimum Gasteiger partial charge on any atom is -0.489 e. The Balaban J connectivity index is 1.77. The number of benzene rings is 3. The number of hydrogen-bond donors (Lipinski definition) is 0. The standard InChI is InChI=1S/C28H19BrF9N3O/c29-23-12-39-25(40-13-23)41(14-18-8-21(27(33,34)35)11-22(9-18)28(36,37)38)15-19-10-20(26(30,31)32)6-7-24(19)42-16-17-4-2-1-3-5-17/h1-13H,14-16H2. The minimum atomic E-state index is -5.09. The SMILES string of the molecule is FC(F)(F)c1cc(CN(Cc2cc(C(F)(F)F)ccc2OCc2ccccc2)c2ncc(Br)cn2)cc(C(F)(F)F)c1. The van der Waals surface area contributed by atoms with E-state index >= 15 is 0 Å². The molecule has 3 aromatic carbocycles. The number of ether oxygens (including phenoxy) is 1. The van der Waals surface area contributed by atoms with Gasteiger partial charge in [0.15, 0.2) is 0 Å². The molecule has 0 aliphatic rings. The highest BCUT2D eigenvalue weighted by Gasteiger charge is 2.37. The van der Waals surface area contributed by atoms with Crippen molar-refractivity contribution in [3.63, 3.8) is 0 Å². The van der Waals surface area contributed by atoms with Crippen molar-refractivity contribution in [1.82, 2.24) is 9.97 Å². The smallest absolute Gasteiger partial charge is 0.416 e. The van der Waals surface area contributed by atoms with Crippen LogP contribution in [0, 0.1) is 0 Å². The summed E-state index contributed by atoms with van der Waals surface area (Å²) in [5.74, 6) is -0.135. The average molecular weight is 664 g/mol. The first-order valence-corrected chi connectivity index (χ1v) is 12.8. The van der Waals surface area contributed by atoms with Crippen LogP contribution >= 0.6 is 15.9 Å². The van der Waals surface area contributed by atoms with Gasteiger partial charge in [0.1, 0.15) is 12.4 Å². The molecule has 0 unspecified atom stereocenters. The molecule has 0 fully saturated rings. The lowest BCUT2D eigenvalue weighted by atomic mass is 10.0. The van der Waals surface area contributed by atoms with E-state index in [9.17, 15) is 39.5 Å². The van der Waals surface area contributed by atoms with Crippen LogP contribution in [0.4, 0.5) is 45.5 Å². The summed E-state index contributed by atoms with van der Waals surface area (Å²) in [5, 5.41) is 0. The summed E-state index contributed by atoms with van der Waals surface area (Å²) in [6, 6.07) is 12.5. The molecule has 222 valence electrons. The average Bonchev–Trinajstić information content (AvgIpc) is 2.91. The molecule has 4 nitrogen and oxygen atoms in total. The van der Waals surface area contributed by atoms with Crippen LogP contribution in [0.1, 0.15) is 33.4 Å². The first-order valence-electron chi connectivity index (χ1n) is 12.0. The van der Waals surface area contributed by atoms with Crippen molar-refractivity contribution in [3.05, 3.63) is 117 Å². The third kappa shape index (κ3) is 8.14. The number of aromatic nitrogens is 2. The molecule has 0 amide bonds. The molecule has 1 aromatic heterocycles. The number of halogens is 10. The van der Waals surface area contributed by atoms with E-state index in [1.54, 1.807) is 30.3 Å². The molecule has 0 aliphatic heterocycles. The van der Waals surface area contributed by atoms with Gasteiger partial charge in [-0.1, -0.05) is 30.3 Å². The van der Waals surface area contributed by atoms with Crippen molar-refractivity contribution in [1.29, 1.82) is 0 Å². The summed E-state index contributed by atoms with van der Waals surface area (Å²) in [4.78, 5) is 9.30. The summed E-state index contributed by atoms with van der Waals surface area (Å²) in [6.45, 7) is -1.08. The summed E-state index contributed by atoms with van der Waals surface area (Å²) in [5.41, 5.74) is -3.85. The number of anilines is 1. The molecule has 0 N–H and O–H groups in total. The predicted molar refractivity (Wildman–Crippen MR) is 138 cm³/mol. The molecule has 0 atom stereocenters. The van der Waals surface area contributed by atoms with E-state index in [2.05, 4.69) is 25.9 Å². The van der Waals surface area contributed by atoms with Crippen LogP contribution in [0.25, 0.3) is 0 Å². The van der Waals surface area contributed by atoms with Gasteiger partial charge in [-0.15, -0.1) is 0 Å². The Morgan fingerprint density at radius 3 is 1.76 bits per heavy atom. The van der Waals surface area contributed by atoms with Crippen molar-refractivity contribution in [3.8, 4) is 5.75 Å².